The molecular weight excluding hydrogens is 207 g/mol. The Morgan fingerprint density at radius 1 is 1.00 bits per heavy atom. The number of hydrogen-bond donors (Lipinski definition) is 0. The van der Waals surface area contributed by atoms with Gasteiger partial charge in [-0.15, -0.1) is 0 Å². The van der Waals surface area contributed by atoms with Gasteiger partial charge in [0.15, 0.2) is 0 Å². The molecule has 3 heteroatoms. The predicted octanol–water partition coefficient (Wildman–Crippen LogP) is 3.37. The van der Waals surface area contributed by atoms with Crippen LogP contribution in [0.15, 0.2) is 4.99 Å². The van der Waals surface area contributed by atoms with Crippen LogP contribution in [0, 0.1) is 0 Å². The summed E-state index contributed by atoms with van der Waals surface area (Å²) < 4.78 is 0. The van der Waals surface area contributed by atoms with Crippen LogP contribution in [-0.2, 0) is 16.8 Å². The first-order chi connectivity index (χ1) is 5.10. The van der Waals surface area contributed by atoms with E-state index in [9.17, 15) is 0 Å². The van der Waals surface area contributed by atoms with Crippen LogP contribution in [0.5, 0.6) is 0 Å². The Kier molecular flexibility index (Phi) is 5.95. The smallest absolute Gasteiger partial charge is 0 e. The second-order valence-corrected chi connectivity index (χ2v) is 5.11. The van der Waals surface area contributed by atoms with Crippen molar-refractivity contribution in [2.75, 3.05) is 0 Å². The molecular formula is C10H21CoN2-. The summed E-state index contributed by atoms with van der Waals surface area (Å²) in [6.45, 7) is 14.4. The monoisotopic (exact) mass is 228 g/mol. The maximum Gasteiger partial charge on any atom is 0 e. The van der Waals surface area contributed by atoms with Crippen molar-refractivity contribution in [2.24, 2.45) is 4.99 Å². The van der Waals surface area contributed by atoms with E-state index in [0.717, 1.165) is 5.84 Å². The topological polar surface area (TPSA) is 26.5 Å². The van der Waals surface area contributed by atoms with Gasteiger partial charge in [0, 0.05) is 16.8 Å². The molecule has 13 heavy (non-hydrogen) atoms. The second-order valence-electron chi connectivity index (χ2n) is 5.11. The number of rotatable bonds is 0. The van der Waals surface area contributed by atoms with E-state index in [1.165, 1.54) is 0 Å². The fourth-order valence-electron chi connectivity index (χ4n) is 0.996. The summed E-state index contributed by atoms with van der Waals surface area (Å²) in [4.78, 5) is 4.44. The van der Waals surface area contributed by atoms with E-state index in [0.29, 0.717) is 0 Å². The predicted molar refractivity (Wildman–Crippen MR) is 56.0 cm³/mol. The van der Waals surface area contributed by atoms with E-state index in [-0.39, 0.29) is 27.9 Å². The van der Waals surface area contributed by atoms with Crippen LogP contribution in [0.4, 0.5) is 0 Å². The first-order valence-corrected chi connectivity index (χ1v) is 4.39. The normalized spacial score (nSPS) is 13.6. The minimum absolute atomic E-state index is 0. The SMILES string of the molecule is CC(=NC(C)(C)C)[N-]C(C)(C)C.[Co]. The van der Waals surface area contributed by atoms with Gasteiger partial charge in [-0.1, -0.05) is 47.4 Å². The van der Waals surface area contributed by atoms with Crippen molar-refractivity contribution in [3.8, 4) is 0 Å². The van der Waals surface area contributed by atoms with Gasteiger partial charge >= 0.3 is 0 Å². The van der Waals surface area contributed by atoms with Crippen LogP contribution in [0.25, 0.3) is 5.32 Å². The molecule has 0 rings (SSSR count). The second kappa shape index (κ2) is 5.01. The summed E-state index contributed by atoms with van der Waals surface area (Å²) >= 11 is 0. The van der Waals surface area contributed by atoms with E-state index in [1.54, 1.807) is 0 Å². The molecule has 0 bridgehead atoms. The molecule has 0 aromatic carbocycles. The third-order valence-corrected chi connectivity index (χ3v) is 0.994. The molecule has 0 unspecified atom stereocenters. The van der Waals surface area contributed by atoms with E-state index in [1.807, 2.05) is 6.92 Å². The van der Waals surface area contributed by atoms with Gasteiger partial charge in [-0.25, -0.2) is 0 Å². The molecule has 0 aliphatic rings. The Balaban J connectivity index is 0. The molecule has 1 radical (unpaired) electrons. The van der Waals surface area contributed by atoms with Crippen molar-refractivity contribution < 1.29 is 16.8 Å². The zero-order chi connectivity index (χ0) is 9.99. The number of amidine groups is 1. The molecule has 0 amide bonds. The van der Waals surface area contributed by atoms with Gasteiger partial charge in [0.05, 0.1) is 0 Å². The molecule has 0 aliphatic heterocycles. The van der Waals surface area contributed by atoms with Crippen LogP contribution in [0.3, 0.4) is 0 Å². The first-order valence-electron chi connectivity index (χ1n) is 4.39. The molecule has 0 N–H and O–H groups in total. The minimum atomic E-state index is -0.0150. The summed E-state index contributed by atoms with van der Waals surface area (Å²) in [5, 5.41) is 4.44. The fraction of sp³-hybridized carbons (Fsp3) is 0.900. The maximum atomic E-state index is 4.44. The number of aliphatic imine (C=N–C) groups is 1. The number of hydrogen-bond acceptors (Lipinski definition) is 1. The standard InChI is InChI=1S/C10H21N2.Co/c1-8(11-9(2,3)4)12-10(5,6)7;/h1-7H3;/q-1;. The van der Waals surface area contributed by atoms with Crippen molar-refractivity contribution in [1.82, 2.24) is 0 Å². The third-order valence-electron chi connectivity index (χ3n) is 0.994. The van der Waals surface area contributed by atoms with Crippen molar-refractivity contribution in [1.29, 1.82) is 0 Å². The van der Waals surface area contributed by atoms with Crippen molar-refractivity contribution in [2.45, 2.75) is 59.5 Å². The Morgan fingerprint density at radius 3 is 1.62 bits per heavy atom. The molecule has 0 saturated heterocycles. The summed E-state index contributed by atoms with van der Waals surface area (Å²) in [6.07, 6.45) is 0. The minimum Gasteiger partial charge on any atom is -0.464 e. The Labute approximate surface area is 92.8 Å². The van der Waals surface area contributed by atoms with Gasteiger partial charge in [0.25, 0.3) is 0 Å². The third kappa shape index (κ3) is 12.0. The molecule has 0 atom stereocenters. The molecule has 2 nitrogen and oxygen atoms in total. The quantitative estimate of drug-likeness (QED) is 0.449. The molecule has 0 aromatic rings. The van der Waals surface area contributed by atoms with Crippen molar-refractivity contribution in [3.05, 3.63) is 5.32 Å². The average molecular weight is 228 g/mol. The van der Waals surface area contributed by atoms with Crippen molar-refractivity contribution in [3.63, 3.8) is 0 Å². The van der Waals surface area contributed by atoms with Crippen LogP contribution >= 0.6 is 0 Å². The average Bonchev–Trinajstić information content (AvgIpc) is 1.49. The molecule has 0 heterocycles. The fourth-order valence-corrected chi connectivity index (χ4v) is 0.996. The zero-order valence-electron chi connectivity index (χ0n) is 9.73. The van der Waals surface area contributed by atoms with E-state index < -0.39 is 0 Å². The summed E-state index contributed by atoms with van der Waals surface area (Å²) in [6, 6.07) is 0. The maximum absolute atomic E-state index is 4.44. The van der Waals surface area contributed by atoms with E-state index >= 15 is 0 Å². The molecule has 0 spiro atoms. The van der Waals surface area contributed by atoms with Crippen molar-refractivity contribution >= 4 is 5.84 Å². The largest absolute Gasteiger partial charge is 0.464 e. The molecule has 81 valence electrons. The zero-order valence-corrected chi connectivity index (χ0v) is 10.8. The summed E-state index contributed by atoms with van der Waals surface area (Å²) in [5.41, 5.74) is -0.0301. The Hall–Kier alpha value is -0.0235. The van der Waals surface area contributed by atoms with Gasteiger partial charge in [-0.3, -0.25) is 0 Å². The van der Waals surface area contributed by atoms with Crippen LogP contribution in [0.2, 0.25) is 0 Å². The van der Waals surface area contributed by atoms with Gasteiger partial charge in [-0.05, 0) is 18.0 Å². The van der Waals surface area contributed by atoms with Crippen LogP contribution in [-0.4, -0.2) is 16.9 Å². The Bertz CT molecular complexity index is 172. The van der Waals surface area contributed by atoms with Gasteiger partial charge in [-0.2, -0.15) is 0 Å². The molecule has 0 aromatic heterocycles. The summed E-state index contributed by atoms with van der Waals surface area (Å²) in [5.74, 6) is 0.884. The van der Waals surface area contributed by atoms with Crippen LogP contribution < -0.4 is 0 Å². The van der Waals surface area contributed by atoms with E-state index in [2.05, 4.69) is 51.9 Å². The first kappa shape index (κ1) is 15.4. The summed E-state index contributed by atoms with van der Waals surface area (Å²) in [7, 11) is 0. The molecule has 0 aliphatic carbocycles. The number of nitrogens with zero attached hydrogens (tertiary/aromatic N) is 2. The Morgan fingerprint density at radius 2 is 1.38 bits per heavy atom. The molecule has 0 saturated carbocycles. The van der Waals surface area contributed by atoms with Gasteiger partial charge in [0.2, 0.25) is 0 Å². The van der Waals surface area contributed by atoms with Gasteiger partial charge < -0.3 is 10.3 Å². The van der Waals surface area contributed by atoms with Gasteiger partial charge in [0.1, 0.15) is 0 Å². The van der Waals surface area contributed by atoms with Crippen LogP contribution in [0.1, 0.15) is 48.5 Å². The molecule has 0 fully saturated rings. The van der Waals surface area contributed by atoms with E-state index in [4.69, 9.17) is 0 Å².